The van der Waals surface area contributed by atoms with Crippen molar-refractivity contribution >= 4 is 12.0 Å². The molecule has 3 aliphatic rings. The van der Waals surface area contributed by atoms with E-state index in [9.17, 15) is 61.0 Å². The van der Waals surface area contributed by atoms with Gasteiger partial charge in [0.25, 0.3) is 0 Å². The molecule has 14 unspecified atom stereocenters. The summed E-state index contributed by atoms with van der Waals surface area (Å²) in [5.41, 5.74) is 0.348. The Balaban J connectivity index is 1.56. The van der Waals surface area contributed by atoms with Crippen molar-refractivity contribution in [3.05, 3.63) is 23.8 Å². The number of aliphatic hydroxyl groups excluding tert-OH is 10. The molecule has 49 heavy (non-hydrogen) atoms. The lowest BCUT2D eigenvalue weighted by Crippen LogP contribution is -2.66. The molecule has 0 aliphatic carbocycles. The number of esters is 1. The quantitative estimate of drug-likeness (QED) is 0.0671. The normalized spacial score (nSPS) is 39.6. The molecule has 0 radical (unpaired) electrons. The molecule has 0 spiro atoms. The van der Waals surface area contributed by atoms with E-state index in [1.807, 2.05) is 0 Å². The number of carbonyl (C=O) groups is 1. The van der Waals surface area contributed by atoms with E-state index in [2.05, 4.69) is 0 Å². The van der Waals surface area contributed by atoms with Crippen LogP contribution in [0.3, 0.4) is 0 Å². The van der Waals surface area contributed by atoms with Crippen LogP contribution < -0.4 is 9.47 Å². The predicted molar refractivity (Wildman–Crippen MR) is 155 cm³/mol. The maximum Gasteiger partial charge on any atom is 0.330 e. The van der Waals surface area contributed by atoms with Crippen molar-refractivity contribution in [3.8, 4) is 17.2 Å². The van der Waals surface area contributed by atoms with Crippen molar-refractivity contribution in [2.24, 2.45) is 0 Å². The molecule has 20 nitrogen and oxygen atoms in total. The van der Waals surface area contributed by atoms with E-state index < -0.39 is 118 Å². The van der Waals surface area contributed by atoms with Gasteiger partial charge < -0.3 is 94.1 Å². The highest BCUT2D eigenvalue weighted by Crippen LogP contribution is 2.38. The van der Waals surface area contributed by atoms with Crippen molar-refractivity contribution in [1.29, 1.82) is 0 Å². The van der Waals surface area contributed by atoms with Gasteiger partial charge in [-0.1, -0.05) is 0 Å². The first-order valence-corrected chi connectivity index (χ1v) is 15.0. The molecular formula is C29H42O20. The topological polar surface area (TPSA) is 313 Å². The number of hydrogen-bond acceptors (Lipinski definition) is 20. The van der Waals surface area contributed by atoms with Crippen LogP contribution in [-0.2, 0) is 33.2 Å². The summed E-state index contributed by atoms with van der Waals surface area (Å²) in [6.07, 6.45) is -21.2. The summed E-state index contributed by atoms with van der Waals surface area (Å²) >= 11 is 0. The zero-order chi connectivity index (χ0) is 36.2. The van der Waals surface area contributed by atoms with E-state index in [0.29, 0.717) is 5.56 Å². The van der Waals surface area contributed by atoms with Crippen molar-refractivity contribution in [2.45, 2.75) is 85.5 Å². The molecule has 14 atom stereocenters. The van der Waals surface area contributed by atoms with Gasteiger partial charge in [-0.05, 0) is 23.8 Å². The van der Waals surface area contributed by atoms with E-state index in [1.165, 1.54) is 32.4 Å². The van der Waals surface area contributed by atoms with Crippen LogP contribution >= 0.6 is 0 Å². The maximum atomic E-state index is 12.7. The summed E-state index contributed by atoms with van der Waals surface area (Å²) < 4.78 is 43.0. The fourth-order valence-corrected chi connectivity index (χ4v) is 5.49. The van der Waals surface area contributed by atoms with E-state index in [-0.39, 0.29) is 17.2 Å². The Bertz CT molecular complexity index is 1250. The average Bonchev–Trinajstić information content (AvgIpc) is 3.34. The van der Waals surface area contributed by atoms with Gasteiger partial charge in [-0.15, -0.1) is 0 Å². The Morgan fingerprint density at radius 2 is 1.39 bits per heavy atom. The van der Waals surface area contributed by atoms with Crippen LogP contribution in [0.5, 0.6) is 17.2 Å². The first kappa shape index (κ1) is 39.0. The van der Waals surface area contributed by atoms with Gasteiger partial charge in [0.15, 0.2) is 24.1 Å². The molecule has 0 saturated carbocycles. The molecule has 3 fully saturated rings. The second-order valence-corrected chi connectivity index (χ2v) is 11.4. The fourth-order valence-electron chi connectivity index (χ4n) is 5.49. The van der Waals surface area contributed by atoms with E-state index >= 15 is 0 Å². The fraction of sp³-hybridized carbons (Fsp3) is 0.690. The number of benzene rings is 1. The molecule has 3 aliphatic heterocycles. The smallest absolute Gasteiger partial charge is 0.330 e. The molecule has 278 valence electrons. The number of phenols is 1. The minimum atomic E-state index is -2.47. The van der Waals surface area contributed by atoms with Crippen LogP contribution in [0.4, 0.5) is 0 Å². The number of methoxy groups -OCH3 is 2. The van der Waals surface area contributed by atoms with Crippen LogP contribution in [-0.4, -0.2) is 188 Å². The van der Waals surface area contributed by atoms with Crippen LogP contribution in [0.1, 0.15) is 5.56 Å². The number of ether oxygens (including phenoxy) is 8. The second-order valence-electron chi connectivity index (χ2n) is 11.4. The number of aliphatic hydroxyl groups is 10. The highest BCUT2D eigenvalue weighted by atomic mass is 16.8. The third-order valence-corrected chi connectivity index (χ3v) is 8.31. The highest BCUT2D eigenvalue weighted by Gasteiger charge is 2.59. The standard InChI is InChI=1S/C29H42O20/c1-42-12-5-11(6-13(43-2)18(12)34)3-4-17(33)44-9-16-25(47-27-23(39)21(37)19(35)14(7-30)45-27)22(38)24(40)28(46-16)49-29(10-32)26(41)20(36)15(8-31)48-29/h3-6,14-16,19-28,30-32,34-41H,7-10H2,1-2H3. The molecule has 3 heterocycles. The van der Waals surface area contributed by atoms with Crippen molar-refractivity contribution in [2.75, 3.05) is 40.6 Å². The maximum absolute atomic E-state index is 12.7. The lowest BCUT2D eigenvalue weighted by Gasteiger charge is -2.47. The molecule has 0 amide bonds. The Kier molecular flexibility index (Phi) is 13.1. The van der Waals surface area contributed by atoms with Gasteiger partial charge in [-0.2, -0.15) is 0 Å². The third-order valence-electron chi connectivity index (χ3n) is 8.31. The summed E-state index contributed by atoms with van der Waals surface area (Å²) in [5.74, 6) is -3.65. The molecule has 1 aromatic carbocycles. The van der Waals surface area contributed by atoms with E-state index in [0.717, 1.165) is 6.08 Å². The van der Waals surface area contributed by atoms with Gasteiger partial charge in [0.1, 0.15) is 80.4 Å². The largest absolute Gasteiger partial charge is 0.502 e. The molecule has 4 rings (SSSR count). The Morgan fingerprint density at radius 3 is 1.94 bits per heavy atom. The monoisotopic (exact) mass is 710 g/mol. The Hall–Kier alpha value is -2.77. The molecule has 0 aromatic heterocycles. The lowest BCUT2D eigenvalue weighted by atomic mass is 9.96. The van der Waals surface area contributed by atoms with Crippen LogP contribution in [0.15, 0.2) is 18.2 Å². The van der Waals surface area contributed by atoms with Crippen LogP contribution in [0, 0.1) is 0 Å². The Morgan fingerprint density at radius 1 is 0.796 bits per heavy atom. The lowest BCUT2D eigenvalue weighted by molar-refractivity contribution is -0.398. The number of hydrogen-bond donors (Lipinski definition) is 11. The summed E-state index contributed by atoms with van der Waals surface area (Å²) in [5, 5.41) is 113. The van der Waals surface area contributed by atoms with Gasteiger partial charge in [0.2, 0.25) is 11.5 Å². The molecule has 3 saturated heterocycles. The van der Waals surface area contributed by atoms with Gasteiger partial charge in [0.05, 0.1) is 27.4 Å². The molecular weight excluding hydrogens is 668 g/mol. The highest BCUT2D eigenvalue weighted by molar-refractivity contribution is 5.87. The first-order chi connectivity index (χ1) is 23.2. The summed E-state index contributed by atoms with van der Waals surface area (Å²) in [6.45, 7) is -3.52. The minimum absolute atomic E-state index is 0.0459. The van der Waals surface area contributed by atoms with Gasteiger partial charge in [-0.25, -0.2) is 4.79 Å². The minimum Gasteiger partial charge on any atom is -0.502 e. The van der Waals surface area contributed by atoms with Gasteiger partial charge in [-0.3, -0.25) is 0 Å². The van der Waals surface area contributed by atoms with Crippen molar-refractivity contribution < 1.29 is 98.9 Å². The number of carbonyl (C=O) groups excluding carboxylic acids is 1. The van der Waals surface area contributed by atoms with E-state index in [4.69, 9.17) is 37.9 Å². The third kappa shape index (κ3) is 8.09. The molecule has 20 heteroatoms. The second kappa shape index (κ2) is 16.5. The number of rotatable bonds is 13. The molecule has 11 N–H and O–H groups in total. The summed E-state index contributed by atoms with van der Waals surface area (Å²) in [7, 11) is 2.61. The SMILES string of the molecule is COc1cc(C=CC(=O)OCC2OC(OC3(CO)OC(CO)C(O)C3O)C(O)C(O)C2OC2OC(CO)C(O)C(O)C2O)cc(OC)c1O. The molecule has 0 bridgehead atoms. The summed E-state index contributed by atoms with van der Waals surface area (Å²) in [6, 6.07) is 2.79. The first-order valence-electron chi connectivity index (χ1n) is 15.0. The van der Waals surface area contributed by atoms with Crippen LogP contribution in [0.25, 0.3) is 6.08 Å². The molecule has 1 aromatic rings. The Labute approximate surface area is 278 Å². The van der Waals surface area contributed by atoms with Gasteiger partial charge >= 0.3 is 5.97 Å². The summed E-state index contributed by atoms with van der Waals surface area (Å²) in [4.78, 5) is 12.7. The number of aromatic hydroxyl groups is 1. The predicted octanol–water partition coefficient (Wildman–Crippen LogP) is -5.58. The zero-order valence-corrected chi connectivity index (χ0v) is 26.2. The average molecular weight is 711 g/mol. The number of phenolic OH excluding ortho intramolecular Hbond substituents is 1. The zero-order valence-electron chi connectivity index (χ0n) is 26.2. The van der Waals surface area contributed by atoms with Gasteiger partial charge in [0, 0.05) is 6.08 Å². The van der Waals surface area contributed by atoms with Crippen LogP contribution in [0.2, 0.25) is 0 Å². The van der Waals surface area contributed by atoms with E-state index in [1.54, 1.807) is 0 Å². The van der Waals surface area contributed by atoms with Crippen molar-refractivity contribution in [1.82, 2.24) is 0 Å². The van der Waals surface area contributed by atoms with Crippen molar-refractivity contribution in [3.63, 3.8) is 0 Å².